The third kappa shape index (κ3) is 8.56. The Bertz CT molecular complexity index is 443. The van der Waals surface area contributed by atoms with Gasteiger partial charge in [-0.25, -0.2) is 0 Å². The molecular weight excluding hydrogens is 333 g/mol. The topological polar surface area (TPSA) is 58.4 Å². The van der Waals surface area contributed by atoms with E-state index in [2.05, 4.69) is 40.5 Å². The Balaban J connectivity index is 0.00000242. The Hall–Kier alpha value is -0.810. The van der Waals surface area contributed by atoms with E-state index < -0.39 is 0 Å². The van der Waals surface area contributed by atoms with Crippen LogP contribution in [0.1, 0.15) is 25.3 Å². The van der Waals surface area contributed by atoms with E-state index in [-0.39, 0.29) is 36.8 Å². The van der Waals surface area contributed by atoms with Crippen molar-refractivity contribution in [2.45, 2.75) is 32.2 Å². The highest BCUT2D eigenvalue weighted by Gasteiger charge is 2.22. The van der Waals surface area contributed by atoms with Crippen molar-refractivity contribution in [3.63, 3.8) is 0 Å². The Morgan fingerprint density at radius 2 is 2.04 bits per heavy atom. The number of nitrogens with two attached hydrogens (primary N) is 1. The maximum Gasteiger partial charge on any atom is 0.221 e. The van der Waals surface area contributed by atoms with Crippen LogP contribution in [0.3, 0.4) is 0 Å². The zero-order chi connectivity index (χ0) is 15.1. The summed E-state index contributed by atoms with van der Waals surface area (Å²) in [6.07, 6.45) is 2.70. The number of nitrogens with zero attached hydrogens (tertiary/aromatic N) is 1. The molecule has 6 heteroatoms. The van der Waals surface area contributed by atoms with E-state index in [9.17, 15) is 4.79 Å². The number of hydrogen-bond donors (Lipinski definition) is 2. The number of hydrogen-bond acceptors (Lipinski definition) is 3. The summed E-state index contributed by atoms with van der Waals surface area (Å²) in [7, 11) is 0. The fraction of sp³-hybridized carbons (Fsp3) is 0.588. The quantitative estimate of drug-likeness (QED) is 0.782. The smallest absolute Gasteiger partial charge is 0.221 e. The molecular formula is C17H29Cl2N3O. The normalized spacial score (nSPS) is 18.6. The molecule has 1 heterocycles. The van der Waals surface area contributed by atoms with Crippen molar-refractivity contribution in [2.75, 3.05) is 26.2 Å². The van der Waals surface area contributed by atoms with Crippen LogP contribution in [0.15, 0.2) is 30.3 Å². The van der Waals surface area contributed by atoms with Gasteiger partial charge in [-0.1, -0.05) is 30.3 Å². The molecule has 0 aliphatic carbocycles. The maximum absolute atomic E-state index is 11.6. The first-order chi connectivity index (χ1) is 10.1. The van der Waals surface area contributed by atoms with Gasteiger partial charge in [-0.3, -0.25) is 4.79 Å². The molecule has 1 aliphatic rings. The number of rotatable bonds is 7. The van der Waals surface area contributed by atoms with Crippen LogP contribution in [0.4, 0.5) is 0 Å². The van der Waals surface area contributed by atoms with Gasteiger partial charge in [0.15, 0.2) is 0 Å². The number of nitrogens with one attached hydrogen (secondary N) is 1. The Morgan fingerprint density at radius 3 is 2.70 bits per heavy atom. The molecule has 0 spiro atoms. The highest BCUT2D eigenvalue weighted by atomic mass is 35.5. The molecule has 23 heavy (non-hydrogen) atoms. The molecule has 132 valence electrons. The molecule has 3 N–H and O–H groups in total. The zero-order valence-corrected chi connectivity index (χ0v) is 15.4. The van der Waals surface area contributed by atoms with Crippen LogP contribution in [0.2, 0.25) is 0 Å². The third-order valence-electron chi connectivity index (χ3n) is 4.02. The van der Waals surface area contributed by atoms with Crippen LogP contribution in [0.5, 0.6) is 0 Å². The van der Waals surface area contributed by atoms with Crippen LogP contribution < -0.4 is 11.1 Å². The molecule has 2 unspecified atom stereocenters. The first kappa shape index (κ1) is 22.2. The van der Waals surface area contributed by atoms with Crippen molar-refractivity contribution in [3.05, 3.63) is 35.9 Å². The fourth-order valence-corrected chi connectivity index (χ4v) is 2.84. The molecule has 0 aromatic heterocycles. The van der Waals surface area contributed by atoms with Crippen molar-refractivity contribution in [3.8, 4) is 0 Å². The minimum absolute atomic E-state index is 0. The van der Waals surface area contributed by atoms with Gasteiger partial charge in [0.25, 0.3) is 0 Å². The lowest BCUT2D eigenvalue weighted by atomic mass is 10.1. The van der Waals surface area contributed by atoms with Crippen molar-refractivity contribution in [1.29, 1.82) is 0 Å². The average molecular weight is 362 g/mol. The number of carbonyl (C=O) groups excluding carboxylic acids is 1. The standard InChI is InChI=1S/C17H27N3O.2ClH/c1-14(18)11-17(21)19-12-16-8-10-20(13-16)9-7-15-5-3-2-4-6-15;;/h2-6,14,16H,7-13,18H2,1H3,(H,19,21);2*1H. The minimum atomic E-state index is -0.0593. The molecule has 1 saturated heterocycles. The van der Waals surface area contributed by atoms with E-state index in [4.69, 9.17) is 5.73 Å². The first-order valence-corrected chi connectivity index (χ1v) is 7.92. The van der Waals surface area contributed by atoms with Crippen LogP contribution >= 0.6 is 24.8 Å². The molecule has 1 aromatic rings. The van der Waals surface area contributed by atoms with Crippen LogP contribution in [0.25, 0.3) is 0 Å². The zero-order valence-electron chi connectivity index (χ0n) is 13.7. The van der Waals surface area contributed by atoms with Gasteiger partial charge in [-0.15, -0.1) is 24.8 Å². The number of benzene rings is 1. The number of halogens is 2. The summed E-state index contributed by atoms with van der Waals surface area (Å²) in [4.78, 5) is 14.1. The average Bonchev–Trinajstić information content (AvgIpc) is 2.91. The highest BCUT2D eigenvalue weighted by Crippen LogP contribution is 2.16. The van der Waals surface area contributed by atoms with E-state index in [1.807, 2.05) is 6.92 Å². The van der Waals surface area contributed by atoms with E-state index >= 15 is 0 Å². The van der Waals surface area contributed by atoms with E-state index in [1.54, 1.807) is 0 Å². The predicted octanol–water partition coefficient (Wildman–Crippen LogP) is 2.25. The van der Waals surface area contributed by atoms with Gasteiger partial charge in [0, 0.05) is 32.1 Å². The van der Waals surface area contributed by atoms with Gasteiger partial charge in [0.1, 0.15) is 0 Å². The summed E-state index contributed by atoms with van der Waals surface area (Å²) < 4.78 is 0. The molecule has 0 radical (unpaired) electrons. The summed E-state index contributed by atoms with van der Waals surface area (Å²) in [6.45, 7) is 5.98. The minimum Gasteiger partial charge on any atom is -0.356 e. The van der Waals surface area contributed by atoms with Crippen molar-refractivity contribution >= 4 is 30.7 Å². The molecule has 1 aromatic carbocycles. The van der Waals surface area contributed by atoms with Crippen LogP contribution in [0, 0.1) is 5.92 Å². The van der Waals surface area contributed by atoms with Crippen molar-refractivity contribution in [2.24, 2.45) is 11.7 Å². The lowest BCUT2D eigenvalue weighted by Crippen LogP contribution is -2.34. The molecule has 0 saturated carbocycles. The van der Waals surface area contributed by atoms with Gasteiger partial charge in [0.2, 0.25) is 5.91 Å². The predicted molar refractivity (Wildman–Crippen MR) is 100 cm³/mol. The summed E-state index contributed by atoms with van der Waals surface area (Å²) in [5.41, 5.74) is 7.02. The third-order valence-corrected chi connectivity index (χ3v) is 4.02. The molecule has 1 amide bonds. The molecule has 1 aliphatic heterocycles. The second-order valence-corrected chi connectivity index (χ2v) is 6.18. The lowest BCUT2D eigenvalue weighted by Gasteiger charge is -2.16. The summed E-state index contributed by atoms with van der Waals surface area (Å²) >= 11 is 0. The molecule has 4 nitrogen and oxygen atoms in total. The Labute approximate surface area is 152 Å². The Kier molecular flexibility index (Phi) is 11.3. The maximum atomic E-state index is 11.6. The van der Waals surface area contributed by atoms with Crippen LogP contribution in [-0.2, 0) is 11.2 Å². The van der Waals surface area contributed by atoms with Crippen molar-refractivity contribution in [1.82, 2.24) is 10.2 Å². The molecule has 2 rings (SSSR count). The van der Waals surface area contributed by atoms with Gasteiger partial charge in [-0.05, 0) is 37.8 Å². The fourth-order valence-electron chi connectivity index (χ4n) is 2.84. The monoisotopic (exact) mass is 361 g/mol. The first-order valence-electron chi connectivity index (χ1n) is 7.92. The summed E-state index contributed by atoms with van der Waals surface area (Å²) in [6, 6.07) is 10.5. The largest absolute Gasteiger partial charge is 0.356 e. The number of carbonyl (C=O) groups is 1. The highest BCUT2D eigenvalue weighted by molar-refractivity contribution is 5.85. The van der Waals surface area contributed by atoms with Gasteiger partial charge >= 0.3 is 0 Å². The summed E-state index contributed by atoms with van der Waals surface area (Å²) in [5, 5.41) is 3.00. The lowest BCUT2D eigenvalue weighted by molar-refractivity contribution is -0.121. The van der Waals surface area contributed by atoms with E-state index in [1.165, 1.54) is 12.0 Å². The van der Waals surface area contributed by atoms with Gasteiger partial charge in [0.05, 0.1) is 0 Å². The van der Waals surface area contributed by atoms with E-state index in [0.717, 1.165) is 32.6 Å². The number of likely N-dealkylation sites (tertiary alicyclic amines) is 1. The Morgan fingerprint density at radius 1 is 1.35 bits per heavy atom. The van der Waals surface area contributed by atoms with Crippen LogP contribution in [-0.4, -0.2) is 43.0 Å². The molecule has 1 fully saturated rings. The second-order valence-electron chi connectivity index (χ2n) is 6.18. The second kappa shape index (κ2) is 11.7. The SMILES string of the molecule is CC(N)CC(=O)NCC1CCN(CCc2ccccc2)C1.Cl.Cl. The number of amides is 1. The molecule has 2 atom stereocenters. The summed E-state index contributed by atoms with van der Waals surface area (Å²) in [5.74, 6) is 0.658. The molecule has 0 bridgehead atoms. The van der Waals surface area contributed by atoms with Gasteiger partial charge < -0.3 is 16.0 Å². The van der Waals surface area contributed by atoms with E-state index in [0.29, 0.717) is 12.3 Å². The van der Waals surface area contributed by atoms with Crippen molar-refractivity contribution < 1.29 is 4.79 Å². The van der Waals surface area contributed by atoms with Gasteiger partial charge in [-0.2, -0.15) is 0 Å².